The average molecular weight is 250 g/mol. The molecule has 1 aromatic heterocycles. The van der Waals surface area contributed by atoms with Crippen molar-refractivity contribution in [1.29, 1.82) is 0 Å². The summed E-state index contributed by atoms with van der Waals surface area (Å²) in [5.74, 6) is -0.449. The number of H-pyrrole nitrogens is 1. The van der Waals surface area contributed by atoms with Crippen molar-refractivity contribution < 1.29 is 14.4 Å². The highest BCUT2D eigenvalue weighted by atomic mass is 16.2. The number of imidazole rings is 1. The number of Topliss-reactive ketones (excluding diaryl/α,β-unsaturated/α-hetero) is 1. The van der Waals surface area contributed by atoms with Crippen LogP contribution in [0.25, 0.3) is 0 Å². The molecule has 0 aromatic carbocycles. The van der Waals surface area contributed by atoms with Gasteiger partial charge in [0.25, 0.3) is 0 Å². The van der Waals surface area contributed by atoms with Gasteiger partial charge in [0.2, 0.25) is 5.91 Å². The second kappa shape index (κ2) is 5.54. The Morgan fingerprint density at radius 1 is 1.50 bits per heavy atom. The molecule has 1 atom stereocenters. The van der Waals surface area contributed by atoms with Crippen LogP contribution in [0.15, 0.2) is 12.5 Å². The molecule has 0 spiro atoms. The van der Waals surface area contributed by atoms with Crippen molar-refractivity contribution in [2.24, 2.45) is 0 Å². The van der Waals surface area contributed by atoms with E-state index in [9.17, 15) is 14.4 Å². The highest BCUT2D eigenvalue weighted by molar-refractivity contribution is 6.04. The van der Waals surface area contributed by atoms with Crippen molar-refractivity contribution >= 4 is 18.0 Å². The van der Waals surface area contributed by atoms with Crippen LogP contribution in [0.3, 0.4) is 0 Å². The van der Waals surface area contributed by atoms with Crippen LogP contribution in [-0.4, -0.2) is 45.5 Å². The van der Waals surface area contributed by atoms with Gasteiger partial charge in [-0.2, -0.15) is 0 Å². The van der Waals surface area contributed by atoms with Crippen molar-refractivity contribution in [1.82, 2.24) is 20.4 Å². The summed E-state index contributed by atoms with van der Waals surface area (Å²) in [5, 5.41) is 1.13. The van der Waals surface area contributed by atoms with Gasteiger partial charge < -0.3 is 9.78 Å². The Labute approximate surface area is 104 Å². The summed E-state index contributed by atoms with van der Waals surface area (Å²) in [6, 6.07) is -0.993. The number of piperidine rings is 1. The van der Waals surface area contributed by atoms with E-state index in [4.69, 9.17) is 0 Å². The smallest absolute Gasteiger partial charge is 0.238 e. The number of aromatic nitrogens is 2. The molecule has 1 aliphatic rings. The maximum atomic E-state index is 11.6. The van der Waals surface area contributed by atoms with E-state index in [1.807, 2.05) is 0 Å². The highest BCUT2D eigenvalue weighted by Crippen LogP contribution is 2.11. The molecule has 1 aromatic rings. The van der Waals surface area contributed by atoms with E-state index in [-0.39, 0.29) is 24.5 Å². The molecule has 0 unspecified atom stereocenters. The quantitative estimate of drug-likeness (QED) is 0.528. The highest BCUT2D eigenvalue weighted by Gasteiger charge is 2.34. The summed E-state index contributed by atoms with van der Waals surface area (Å²) < 4.78 is 0. The standard InChI is InChI=1S/C11H14N4O3/c16-6-9-10(17)1-2-11(18)15(9)14-4-3-8-5-12-7-13-8/h5-7,9,14H,1-4H2,(H,12,13)/t9-/m1/s1. The topological polar surface area (TPSA) is 95.2 Å². The van der Waals surface area contributed by atoms with E-state index in [1.165, 1.54) is 0 Å². The van der Waals surface area contributed by atoms with E-state index >= 15 is 0 Å². The lowest BCUT2D eigenvalue weighted by atomic mass is 10.0. The number of hydrazine groups is 1. The Morgan fingerprint density at radius 2 is 2.33 bits per heavy atom. The fourth-order valence-electron chi connectivity index (χ4n) is 1.85. The Kier molecular flexibility index (Phi) is 3.83. The zero-order chi connectivity index (χ0) is 13.0. The largest absolute Gasteiger partial charge is 0.348 e. The average Bonchev–Trinajstić information content (AvgIpc) is 2.87. The van der Waals surface area contributed by atoms with Crippen LogP contribution in [0.5, 0.6) is 0 Å². The summed E-state index contributed by atoms with van der Waals surface area (Å²) >= 11 is 0. The number of ketones is 1. The van der Waals surface area contributed by atoms with Gasteiger partial charge in [-0.15, -0.1) is 0 Å². The van der Waals surface area contributed by atoms with Crippen LogP contribution in [0.1, 0.15) is 18.5 Å². The minimum Gasteiger partial charge on any atom is -0.348 e. The van der Waals surface area contributed by atoms with Crippen LogP contribution in [0.4, 0.5) is 0 Å². The molecule has 1 fully saturated rings. The van der Waals surface area contributed by atoms with Gasteiger partial charge in [0.1, 0.15) is 0 Å². The molecule has 0 bridgehead atoms. The molecular formula is C11H14N4O3. The molecule has 0 aliphatic carbocycles. The predicted molar refractivity (Wildman–Crippen MR) is 61.2 cm³/mol. The second-order valence-electron chi connectivity index (χ2n) is 4.05. The molecule has 1 aliphatic heterocycles. The molecule has 2 rings (SSSR count). The summed E-state index contributed by atoms with van der Waals surface area (Å²) in [7, 11) is 0. The number of nitrogens with zero attached hydrogens (tertiary/aromatic N) is 2. The van der Waals surface area contributed by atoms with E-state index in [0.29, 0.717) is 19.3 Å². The Morgan fingerprint density at radius 3 is 3.00 bits per heavy atom. The van der Waals surface area contributed by atoms with Gasteiger partial charge in [-0.3, -0.25) is 14.6 Å². The van der Waals surface area contributed by atoms with Crippen molar-refractivity contribution in [2.75, 3.05) is 6.54 Å². The van der Waals surface area contributed by atoms with E-state index in [1.54, 1.807) is 12.5 Å². The molecule has 7 nitrogen and oxygen atoms in total. The van der Waals surface area contributed by atoms with Crippen molar-refractivity contribution in [3.05, 3.63) is 18.2 Å². The van der Waals surface area contributed by atoms with Gasteiger partial charge in [0.05, 0.1) is 6.33 Å². The first kappa shape index (κ1) is 12.4. The molecule has 18 heavy (non-hydrogen) atoms. The molecule has 2 N–H and O–H groups in total. The number of amides is 1. The number of aromatic amines is 1. The number of rotatable bonds is 5. The Balaban J connectivity index is 1.91. The van der Waals surface area contributed by atoms with Gasteiger partial charge in [0, 0.05) is 37.7 Å². The second-order valence-corrected chi connectivity index (χ2v) is 4.05. The minimum absolute atomic E-state index is 0.140. The van der Waals surface area contributed by atoms with Crippen molar-refractivity contribution in [3.63, 3.8) is 0 Å². The molecule has 1 saturated heterocycles. The third-order valence-electron chi connectivity index (χ3n) is 2.82. The Hall–Kier alpha value is -2.02. The van der Waals surface area contributed by atoms with Crippen LogP contribution in [0, 0.1) is 0 Å². The lowest BCUT2D eigenvalue weighted by Crippen LogP contribution is -2.56. The predicted octanol–water partition coefficient (Wildman–Crippen LogP) is -0.784. The van der Waals surface area contributed by atoms with Gasteiger partial charge in [-0.1, -0.05) is 0 Å². The van der Waals surface area contributed by atoms with Gasteiger partial charge in [-0.05, 0) is 0 Å². The zero-order valence-corrected chi connectivity index (χ0v) is 9.76. The fourth-order valence-corrected chi connectivity index (χ4v) is 1.85. The summed E-state index contributed by atoms with van der Waals surface area (Å²) in [6.45, 7) is 0.450. The monoisotopic (exact) mass is 250 g/mol. The molecule has 7 heteroatoms. The zero-order valence-electron chi connectivity index (χ0n) is 9.76. The third-order valence-corrected chi connectivity index (χ3v) is 2.82. The number of hydrogen-bond donors (Lipinski definition) is 2. The summed E-state index contributed by atoms with van der Waals surface area (Å²) in [6.07, 6.45) is 4.68. The molecule has 1 amide bonds. The van der Waals surface area contributed by atoms with Crippen molar-refractivity contribution in [3.8, 4) is 0 Å². The lowest BCUT2D eigenvalue weighted by Gasteiger charge is -2.31. The normalized spacial score (nSPS) is 20.2. The van der Waals surface area contributed by atoms with E-state index < -0.39 is 6.04 Å². The first-order valence-electron chi connectivity index (χ1n) is 5.73. The molecule has 2 heterocycles. The van der Waals surface area contributed by atoms with Gasteiger partial charge in [0.15, 0.2) is 18.1 Å². The van der Waals surface area contributed by atoms with E-state index in [2.05, 4.69) is 15.4 Å². The summed E-state index contributed by atoms with van der Waals surface area (Å²) in [4.78, 5) is 40.8. The maximum absolute atomic E-state index is 11.6. The van der Waals surface area contributed by atoms with Gasteiger partial charge >= 0.3 is 0 Å². The van der Waals surface area contributed by atoms with Crippen LogP contribution in [-0.2, 0) is 20.8 Å². The summed E-state index contributed by atoms with van der Waals surface area (Å²) in [5.41, 5.74) is 3.74. The van der Waals surface area contributed by atoms with Crippen molar-refractivity contribution in [2.45, 2.75) is 25.3 Å². The van der Waals surface area contributed by atoms with Crippen LogP contribution < -0.4 is 5.43 Å². The molecule has 96 valence electrons. The SMILES string of the molecule is O=C[C@@H]1C(=O)CCC(=O)N1NCCc1cnc[nH]1. The third kappa shape index (κ3) is 2.62. The van der Waals surface area contributed by atoms with Crippen LogP contribution in [0.2, 0.25) is 0 Å². The number of carbonyl (C=O) groups is 3. The van der Waals surface area contributed by atoms with E-state index in [0.717, 1.165) is 10.7 Å². The fraction of sp³-hybridized carbons (Fsp3) is 0.455. The first-order chi connectivity index (χ1) is 8.72. The van der Waals surface area contributed by atoms with Gasteiger partial charge in [-0.25, -0.2) is 10.4 Å². The van der Waals surface area contributed by atoms with Crippen LogP contribution >= 0.6 is 0 Å². The number of hydrogen-bond acceptors (Lipinski definition) is 5. The molecule has 0 saturated carbocycles. The first-order valence-corrected chi connectivity index (χ1v) is 5.73. The minimum atomic E-state index is -0.993. The molecular weight excluding hydrogens is 236 g/mol. The maximum Gasteiger partial charge on any atom is 0.238 e. The molecule has 0 radical (unpaired) electrons. The number of nitrogens with one attached hydrogen (secondary N) is 2. The number of carbonyl (C=O) groups excluding carboxylic acids is 3. The Bertz CT molecular complexity index is 443. The number of aldehydes is 1. The lowest BCUT2D eigenvalue weighted by molar-refractivity contribution is -0.151.